The summed E-state index contributed by atoms with van der Waals surface area (Å²) < 4.78 is 16.6. The lowest BCUT2D eigenvalue weighted by atomic mass is 9.96. The summed E-state index contributed by atoms with van der Waals surface area (Å²) in [5.74, 6) is 0.761. The molecule has 6 heteroatoms. The topological polar surface area (TPSA) is 71.8 Å². The second-order valence-corrected chi connectivity index (χ2v) is 5.72. The van der Waals surface area contributed by atoms with E-state index in [1.165, 1.54) is 0 Å². The quantitative estimate of drug-likeness (QED) is 0.843. The summed E-state index contributed by atoms with van der Waals surface area (Å²) in [6.07, 6.45) is 1.65. The smallest absolute Gasteiger partial charge is 0.260 e. The molecule has 0 aromatic heterocycles. The molecular formula is C17H20N2O4. The number of nitrogens with zero attached hydrogens (tertiary/aromatic N) is 2. The molecule has 2 heterocycles. The van der Waals surface area contributed by atoms with Gasteiger partial charge in [-0.3, -0.25) is 4.79 Å². The monoisotopic (exact) mass is 316 g/mol. The van der Waals surface area contributed by atoms with Gasteiger partial charge in [-0.15, -0.1) is 0 Å². The van der Waals surface area contributed by atoms with Crippen molar-refractivity contribution in [2.24, 2.45) is 5.92 Å². The van der Waals surface area contributed by atoms with E-state index in [1.807, 2.05) is 0 Å². The first kappa shape index (κ1) is 15.8. The minimum absolute atomic E-state index is 0.0419. The minimum atomic E-state index is -0.106. The van der Waals surface area contributed by atoms with Gasteiger partial charge in [0, 0.05) is 19.0 Å². The van der Waals surface area contributed by atoms with Crippen LogP contribution in [-0.2, 0) is 14.3 Å². The second-order valence-electron chi connectivity index (χ2n) is 5.72. The fourth-order valence-electron chi connectivity index (χ4n) is 2.99. The molecule has 0 bridgehead atoms. The Hall–Kier alpha value is -2.10. The van der Waals surface area contributed by atoms with Gasteiger partial charge in [-0.2, -0.15) is 5.26 Å². The molecule has 3 rings (SSSR count). The molecule has 0 unspecified atom stereocenters. The third-order valence-electron chi connectivity index (χ3n) is 4.28. The van der Waals surface area contributed by atoms with Gasteiger partial charge in [0.15, 0.2) is 12.9 Å². The van der Waals surface area contributed by atoms with Crippen molar-refractivity contribution in [2.75, 3.05) is 32.9 Å². The van der Waals surface area contributed by atoms with Crippen LogP contribution in [-0.4, -0.2) is 50.0 Å². The molecular weight excluding hydrogens is 296 g/mol. The van der Waals surface area contributed by atoms with Crippen molar-refractivity contribution in [3.63, 3.8) is 0 Å². The van der Waals surface area contributed by atoms with E-state index in [2.05, 4.69) is 6.07 Å². The Kier molecular flexibility index (Phi) is 5.11. The van der Waals surface area contributed by atoms with E-state index in [1.54, 1.807) is 29.2 Å². The average molecular weight is 316 g/mol. The molecule has 0 atom stereocenters. The number of carbonyl (C=O) groups excluding carboxylic acids is 1. The largest absolute Gasteiger partial charge is 0.482 e. The third-order valence-corrected chi connectivity index (χ3v) is 4.28. The zero-order valence-corrected chi connectivity index (χ0v) is 12.9. The summed E-state index contributed by atoms with van der Waals surface area (Å²) in [6, 6.07) is 8.99. The van der Waals surface area contributed by atoms with Crippen LogP contribution >= 0.6 is 0 Å². The predicted molar refractivity (Wildman–Crippen MR) is 81.6 cm³/mol. The number of para-hydroxylation sites is 1. The van der Waals surface area contributed by atoms with Crippen molar-refractivity contribution in [1.29, 1.82) is 5.26 Å². The van der Waals surface area contributed by atoms with Crippen LogP contribution in [0.2, 0.25) is 0 Å². The van der Waals surface area contributed by atoms with E-state index in [0.29, 0.717) is 43.5 Å². The first-order valence-corrected chi connectivity index (χ1v) is 7.91. The number of hydrogen-bond acceptors (Lipinski definition) is 5. The Morgan fingerprint density at radius 1 is 1.26 bits per heavy atom. The van der Waals surface area contributed by atoms with Gasteiger partial charge in [-0.05, 0) is 25.0 Å². The number of piperidine rings is 1. The lowest BCUT2D eigenvalue weighted by Crippen LogP contribution is -2.43. The highest BCUT2D eigenvalue weighted by molar-refractivity contribution is 5.78. The highest BCUT2D eigenvalue weighted by atomic mass is 16.7. The zero-order valence-electron chi connectivity index (χ0n) is 12.9. The zero-order chi connectivity index (χ0) is 16.1. The van der Waals surface area contributed by atoms with Gasteiger partial charge in [0.1, 0.15) is 11.8 Å². The van der Waals surface area contributed by atoms with E-state index < -0.39 is 0 Å². The maximum atomic E-state index is 12.3. The van der Waals surface area contributed by atoms with Gasteiger partial charge in [0.2, 0.25) is 0 Å². The Labute approximate surface area is 135 Å². The normalized spacial score (nSPS) is 19.5. The second kappa shape index (κ2) is 7.44. The number of carbonyl (C=O) groups is 1. The molecule has 0 saturated carbocycles. The molecule has 2 aliphatic rings. The number of nitriles is 1. The highest BCUT2D eigenvalue weighted by Crippen LogP contribution is 2.26. The summed E-state index contributed by atoms with van der Waals surface area (Å²) in [4.78, 5) is 14.1. The molecule has 6 nitrogen and oxygen atoms in total. The van der Waals surface area contributed by atoms with Crippen molar-refractivity contribution in [3.8, 4) is 11.8 Å². The molecule has 2 saturated heterocycles. The summed E-state index contributed by atoms with van der Waals surface area (Å²) in [6.45, 7) is 2.66. The SMILES string of the molecule is N#Cc1ccccc1OCC(=O)N1CCC(C2OCCO2)CC1. The third kappa shape index (κ3) is 3.81. The van der Waals surface area contributed by atoms with E-state index >= 15 is 0 Å². The summed E-state index contributed by atoms with van der Waals surface area (Å²) in [7, 11) is 0. The summed E-state index contributed by atoms with van der Waals surface area (Å²) in [5.41, 5.74) is 0.439. The van der Waals surface area contributed by atoms with Gasteiger partial charge in [-0.25, -0.2) is 0 Å². The molecule has 0 spiro atoms. The lowest BCUT2D eigenvalue weighted by molar-refractivity contribution is -0.138. The Morgan fingerprint density at radius 2 is 1.96 bits per heavy atom. The van der Waals surface area contributed by atoms with Crippen molar-refractivity contribution < 1.29 is 19.0 Å². The number of hydrogen-bond donors (Lipinski definition) is 0. The summed E-state index contributed by atoms with van der Waals surface area (Å²) in [5, 5.41) is 9.02. The number of benzene rings is 1. The number of likely N-dealkylation sites (tertiary alicyclic amines) is 1. The summed E-state index contributed by atoms with van der Waals surface area (Å²) >= 11 is 0. The van der Waals surface area contributed by atoms with Gasteiger partial charge >= 0.3 is 0 Å². The van der Waals surface area contributed by atoms with E-state index in [4.69, 9.17) is 19.5 Å². The van der Waals surface area contributed by atoms with Gasteiger partial charge < -0.3 is 19.1 Å². The van der Waals surface area contributed by atoms with Crippen molar-refractivity contribution >= 4 is 5.91 Å². The number of ether oxygens (including phenoxy) is 3. The van der Waals surface area contributed by atoms with Crippen LogP contribution in [0.25, 0.3) is 0 Å². The molecule has 1 aromatic carbocycles. The number of amides is 1. The van der Waals surface area contributed by atoms with Crippen LogP contribution in [0.5, 0.6) is 5.75 Å². The van der Waals surface area contributed by atoms with Crippen LogP contribution in [0.1, 0.15) is 18.4 Å². The Bertz CT molecular complexity index is 585. The van der Waals surface area contributed by atoms with E-state index in [-0.39, 0.29) is 18.8 Å². The van der Waals surface area contributed by atoms with Crippen LogP contribution in [0.15, 0.2) is 24.3 Å². The average Bonchev–Trinajstić information content (AvgIpc) is 3.14. The number of rotatable bonds is 4. The van der Waals surface area contributed by atoms with E-state index in [0.717, 1.165) is 12.8 Å². The molecule has 0 radical (unpaired) electrons. The van der Waals surface area contributed by atoms with Crippen molar-refractivity contribution in [1.82, 2.24) is 4.90 Å². The van der Waals surface area contributed by atoms with Crippen LogP contribution in [0.4, 0.5) is 0 Å². The molecule has 1 aromatic rings. The van der Waals surface area contributed by atoms with Gasteiger partial charge in [-0.1, -0.05) is 12.1 Å². The first-order chi connectivity index (χ1) is 11.3. The molecule has 0 N–H and O–H groups in total. The lowest BCUT2D eigenvalue weighted by Gasteiger charge is -2.33. The Morgan fingerprint density at radius 3 is 2.65 bits per heavy atom. The molecule has 2 fully saturated rings. The molecule has 1 amide bonds. The van der Waals surface area contributed by atoms with Crippen molar-refractivity contribution in [3.05, 3.63) is 29.8 Å². The van der Waals surface area contributed by atoms with Crippen LogP contribution in [0, 0.1) is 17.2 Å². The highest BCUT2D eigenvalue weighted by Gasteiger charge is 2.31. The van der Waals surface area contributed by atoms with Gasteiger partial charge in [0.05, 0.1) is 18.8 Å². The molecule has 2 aliphatic heterocycles. The fraction of sp³-hybridized carbons (Fsp3) is 0.529. The molecule has 0 aliphatic carbocycles. The van der Waals surface area contributed by atoms with Gasteiger partial charge in [0.25, 0.3) is 5.91 Å². The predicted octanol–water partition coefficient (Wildman–Crippen LogP) is 1.55. The minimum Gasteiger partial charge on any atom is -0.482 e. The molecule has 23 heavy (non-hydrogen) atoms. The maximum absolute atomic E-state index is 12.3. The van der Waals surface area contributed by atoms with Crippen LogP contribution < -0.4 is 4.74 Å². The maximum Gasteiger partial charge on any atom is 0.260 e. The fourth-order valence-corrected chi connectivity index (χ4v) is 2.99. The standard InChI is InChI=1S/C17H20N2O4/c18-11-14-3-1-2-4-15(14)23-12-16(20)19-7-5-13(6-8-19)17-21-9-10-22-17/h1-4,13,17H,5-10,12H2. The van der Waals surface area contributed by atoms with Crippen molar-refractivity contribution in [2.45, 2.75) is 19.1 Å². The Balaban J connectivity index is 1.47. The first-order valence-electron chi connectivity index (χ1n) is 7.91. The van der Waals surface area contributed by atoms with Crippen LogP contribution in [0.3, 0.4) is 0 Å². The molecule has 122 valence electrons. The van der Waals surface area contributed by atoms with E-state index in [9.17, 15) is 4.79 Å².